The van der Waals surface area contributed by atoms with Gasteiger partial charge in [0.25, 0.3) is 0 Å². The molecule has 6 heteroatoms. The fraction of sp³-hybridized carbons (Fsp3) is 0.636. The van der Waals surface area contributed by atoms with Crippen LogP contribution in [0.15, 0.2) is 12.5 Å². The first-order valence-electron chi connectivity index (χ1n) is 5.78. The average Bonchev–Trinajstić information content (AvgIpc) is 2.77. The van der Waals surface area contributed by atoms with Crippen molar-refractivity contribution in [3.8, 4) is 0 Å². The lowest BCUT2D eigenvalue weighted by Crippen LogP contribution is -2.38. The van der Waals surface area contributed by atoms with Gasteiger partial charge >= 0.3 is 6.09 Å². The molecule has 17 heavy (non-hydrogen) atoms. The minimum absolute atomic E-state index is 0.00598. The number of nitrogens with zero attached hydrogens (tertiary/aromatic N) is 3. The van der Waals surface area contributed by atoms with E-state index in [1.165, 1.54) is 4.90 Å². The van der Waals surface area contributed by atoms with Crippen LogP contribution >= 0.6 is 0 Å². The molecule has 0 radical (unpaired) electrons. The number of aliphatic hydroxyl groups excluding tert-OH is 1. The van der Waals surface area contributed by atoms with Crippen molar-refractivity contribution in [2.75, 3.05) is 13.1 Å². The zero-order valence-corrected chi connectivity index (χ0v) is 9.62. The molecule has 2 rings (SSSR count). The van der Waals surface area contributed by atoms with Crippen molar-refractivity contribution in [3.05, 3.63) is 18.2 Å². The van der Waals surface area contributed by atoms with E-state index in [-0.39, 0.29) is 6.61 Å². The van der Waals surface area contributed by atoms with Crippen molar-refractivity contribution in [3.63, 3.8) is 0 Å². The number of carboxylic acid groups (broad SMARTS) is 1. The summed E-state index contributed by atoms with van der Waals surface area (Å²) in [6, 6.07) is 0. The van der Waals surface area contributed by atoms with Gasteiger partial charge in [-0.2, -0.15) is 0 Å². The third-order valence-electron chi connectivity index (χ3n) is 3.30. The van der Waals surface area contributed by atoms with Gasteiger partial charge in [-0.05, 0) is 18.8 Å². The molecule has 6 nitrogen and oxygen atoms in total. The summed E-state index contributed by atoms with van der Waals surface area (Å²) in [5.41, 5.74) is 0.811. The molecule has 1 fully saturated rings. The van der Waals surface area contributed by atoms with Crippen LogP contribution in [0.4, 0.5) is 4.79 Å². The highest BCUT2D eigenvalue weighted by Gasteiger charge is 2.22. The lowest BCUT2D eigenvalue weighted by atomic mass is 9.97. The van der Waals surface area contributed by atoms with E-state index in [2.05, 4.69) is 4.98 Å². The molecule has 94 valence electrons. The fourth-order valence-electron chi connectivity index (χ4n) is 2.23. The second-order valence-electron chi connectivity index (χ2n) is 4.41. The molecular weight excluding hydrogens is 222 g/mol. The molecule has 1 aliphatic heterocycles. The molecule has 2 heterocycles. The number of hydrogen-bond acceptors (Lipinski definition) is 3. The van der Waals surface area contributed by atoms with Gasteiger partial charge in [0, 0.05) is 19.6 Å². The SMILES string of the molecule is O=C(O)N1CCC(Cn2cncc2CO)CC1. The maximum absolute atomic E-state index is 10.8. The summed E-state index contributed by atoms with van der Waals surface area (Å²) in [6.45, 7) is 2.00. The van der Waals surface area contributed by atoms with E-state index in [4.69, 9.17) is 10.2 Å². The molecule has 1 aromatic heterocycles. The molecule has 2 N–H and O–H groups in total. The minimum atomic E-state index is -0.831. The van der Waals surface area contributed by atoms with E-state index in [1.807, 2.05) is 4.57 Å². The van der Waals surface area contributed by atoms with Crippen LogP contribution < -0.4 is 0 Å². The van der Waals surface area contributed by atoms with Gasteiger partial charge in [-0.3, -0.25) is 0 Å². The number of likely N-dealkylation sites (tertiary alicyclic amines) is 1. The van der Waals surface area contributed by atoms with E-state index in [0.29, 0.717) is 19.0 Å². The quantitative estimate of drug-likeness (QED) is 0.816. The number of rotatable bonds is 3. The number of imidazole rings is 1. The summed E-state index contributed by atoms with van der Waals surface area (Å²) in [5, 5.41) is 17.9. The van der Waals surface area contributed by atoms with Crippen molar-refractivity contribution >= 4 is 6.09 Å². The highest BCUT2D eigenvalue weighted by molar-refractivity contribution is 5.64. The van der Waals surface area contributed by atoms with Gasteiger partial charge in [0.05, 0.1) is 24.8 Å². The van der Waals surface area contributed by atoms with Crippen LogP contribution in [0.1, 0.15) is 18.5 Å². The second kappa shape index (κ2) is 5.18. The molecule has 0 saturated carbocycles. The van der Waals surface area contributed by atoms with Crippen molar-refractivity contribution < 1.29 is 15.0 Å². The Morgan fingerprint density at radius 3 is 2.76 bits per heavy atom. The Morgan fingerprint density at radius 2 is 2.18 bits per heavy atom. The smallest absolute Gasteiger partial charge is 0.407 e. The van der Waals surface area contributed by atoms with Crippen molar-refractivity contribution in [1.82, 2.24) is 14.5 Å². The van der Waals surface area contributed by atoms with E-state index in [1.54, 1.807) is 12.5 Å². The summed E-state index contributed by atoms with van der Waals surface area (Å²) in [5.74, 6) is 0.463. The molecule has 0 spiro atoms. The summed E-state index contributed by atoms with van der Waals surface area (Å²) >= 11 is 0. The summed E-state index contributed by atoms with van der Waals surface area (Å²) in [4.78, 5) is 16.2. The molecule has 0 bridgehead atoms. The van der Waals surface area contributed by atoms with Crippen molar-refractivity contribution in [2.24, 2.45) is 5.92 Å². The summed E-state index contributed by atoms with van der Waals surface area (Å²) in [7, 11) is 0. The van der Waals surface area contributed by atoms with Gasteiger partial charge in [0.1, 0.15) is 0 Å². The monoisotopic (exact) mass is 239 g/mol. The van der Waals surface area contributed by atoms with Crippen LogP contribution in [-0.4, -0.2) is 43.8 Å². The second-order valence-corrected chi connectivity index (χ2v) is 4.41. The number of hydrogen-bond donors (Lipinski definition) is 2. The van der Waals surface area contributed by atoms with Gasteiger partial charge in [-0.15, -0.1) is 0 Å². The van der Waals surface area contributed by atoms with E-state index < -0.39 is 6.09 Å². The Balaban J connectivity index is 1.88. The molecule has 1 aromatic rings. The largest absolute Gasteiger partial charge is 0.465 e. The highest BCUT2D eigenvalue weighted by Crippen LogP contribution is 2.19. The zero-order chi connectivity index (χ0) is 12.3. The van der Waals surface area contributed by atoms with Crippen LogP contribution in [0.3, 0.4) is 0 Å². The summed E-state index contributed by atoms with van der Waals surface area (Å²) < 4.78 is 1.95. The Morgan fingerprint density at radius 1 is 1.47 bits per heavy atom. The van der Waals surface area contributed by atoms with E-state index in [9.17, 15) is 4.79 Å². The molecule has 0 unspecified atom stereocenters. The molecular formula is C11H17N3O3. The highest BCUT2D eigenvalue weighted by atomic mass is 16.4. The molecule has 1 saturated heterocycles. The number of aromatic nitrogens is 2. The fourth-order valence-corrected chi connectivity index (χ4v) is 2.23. The van der Waals surface area contributed by atoms with Gasteiger partial charge in [-0.25, -0.2) is 9.78 Å². The Kier molecular flexibility index (Phi) is 3.63. The van der Waals surface area contributed by atoms with E-state index >= 15 is 0 Å². The topological polar surface area (TPSA) is 78.6 Å². The third kappa shape index (κ3) is 2.76. The number of carbonyl (C=O) groups is 1. The average molecular weight is 239 g/mol. The van der Waals surface area contributed by atoms with Gasteiger partial charge in [0.15, 0.2) is 0 Å². The van der Waals surface area contributed by atoms with Gasteiger partial charge in [-0.1, -0.05) is 0 Å². The lowest BCUT2D eigenvalue weighted by Gasteiger charge is -2.30. The third-order valence-corrected chi connectivity index (χ3v) is 3.30. The van der Waals surface area contributed by atoms with Crippen molar-refractivity contribution in [2.45, 2.75) is 26.0 Å². The molecule has 1 amide bonds. The maximum Gasteiger partial charge on any atom is 0.407 e. The van der Waals surface area contributed by atoms with Crippen LogP contribution in [0.2, 0.25) is 0 Å². The molecule has 0 aromatic carbocycles. The lowest BCUT2D eigenvalue weighted by molar-refractivity contribution is 0.121. The predicted octanol–water partition coefficient (Wildman–Crippen LogP) is 0.765. The first-order chi connectivity index (χ1) is 8.20. The maximum atomic E-state index is 10.8. The Bertz CT molecular complexity index is 383. The first-order valence-corrected chi connectivity index (χ1v) is 5.78. The molecule has 1 aliphatic rings. The van der Waals surface area contributed by atoms with Crippen LogP contribution in [0, 0.1) is 5.92 Å². The zero-order valence-electron chi connectivity index (χ0n) is 9.62. The number of aliphatic hydroxyl groups is 1. The Hall–Kier alpha value is -1.56. The van der Waals surface area contributed by atoms with Crippen LogP contribution in [-0.2, 0) is 13.2 Å². The van der Waals surface area contributed by atoms with Gasteiger partial charge < -0.3 is 19.7 Å². The number of piperidine rings is 1. The standard InChI is InChI=1S/C11H17N3O3/c15-7-10-5-12-8-14(10)6-9-1-3-13(4-2-9)11(16)17/h5,8-9,15H,1-4,6-7H2,(H,16,17). The number of amides is 1. The first kappa shape index (κ1) is 11.9. The van der Waals surface area contributed by atoms with E-state index in [0.717, 1.165) is 25.1 Å². The minimum Gasteiger partial charge on any atom is -0.465 e. The normalized spacial score (nSPS) is 17.4. The van der Waals surface area contributed by atoms with Crippen molar-refractivity contribution in [1.29, 1.82) is 0 Å². The molecule has 0 atom stereocenters. The van der Waals surface area contributed by atoms with Crippen LogP contribution in [0.25, 0.3) is 0 Å². The predicted molar refractivity (Wildman–Crippen MR) is 60.5 cm³/mol. The molecule has 0 aliphatic carbocycles. The Labute approximate surface area is 99.5 Å². The van der Waals surface area contributed by atoms with Gasteiger partial charge in [0.2, 0.25) is 0 Å². The summed E-state index contributed by atoms with van der Waals surface area (Å²) in [6.07, 6.45) is 4.29. The van der Waals surface area contributed by atoms with Crippen LogP contribution in [0.5, 0.6) is 0 Å².